The first-order chi connectivity index (χ1) is 12.9. The minimum Gasteiger partial charge on any atom is -0.378 e. The zero-order valence-corrected chi connectivity index (χ0v) is 16.3. The molecule has 0 fully saturated rings. The van der Waals surface area contributed by atoms with Gasteiger partial charge in [-0.1, -0.05) is 12.1 Å². The summed E-state index contributed by atoms with van der Waals surface area (Å²) in [5, 5.41) is 5.33. The van der Waals surface area contributed by atoms with Crippen molar-refractivity contribution in [1.82, 2.24) is 20.5 Å². The Kier molecular flexibility index (Phi) is 7.31. The summed E-state index contributed by atoms with van der Waals surface area (Å²) in [6.45, 7) is 0.633. The molecular weight excluding hydrogens is 342 g/mol. The molecule has 144 valence electrons. The highest BCUT2D eigenvalue weighted by atomic mass is 16.2. The standard InChI is InChI=1S/C20H27N5O2/c1-24(2)17-7-5-16(6-8-17)18(25(3)4)14-23-20(27)19(26)22-13-15-9-11-21-12-10-15/h5-12,18H,13-14H2,1-4H3,(H,22,26)(H,23,27)/t18-/m1/s1. The van der Waals surface area contributed by atoms with E-state index in [2.05, 4.69) is 15.6 Å². The fourth-order valence-electron chi connectivity index (χ4n) is 2.63. The van der Waals surface area contributed by atoms with Crippen molar-refractivity contribution in [1.29, 1.82) is 0 Å². The monoisotopic (exact) mass is 369 g/mol. The maximum Gasteiger partial charge on any atom is 0.309 e. The van der Waals surface area contributed by atoms with Gasteiger partial charge in [0.25, 0.3) is 0 Å². The van der Waals surface area contributed by atoms with E-state index in [1.807, 2.05) is 62.3 Å². The summed E-state index contributed by atoms with van der Waals surface area (Å²) in [5.41, 5.74) is 3.07. The van der Waals surface area contributed by atoms with Crippen molar-refractivity contribution in [2.75, 3.05) is 39.6 Å². The van der Waals surface area contributed by atoms with Crippen LogP contribution in [-0.2, 0) is 16.1 Å². The van der Waals surface area contributed by atoms with Gasteiger partial charge >= 0.3 is 11.8 Å². The number of hydrogen-bond acceptors (Lipinski definition) is 5. The Morgan fingerprint density at radius 1 is 0.926 bits per heavy atom. The lowest BCUT2D eigenvalue weighted by molar-refractivity contribution is -0.139. The van der Waals surface area contributed by atoms with Crippen molar-refractivity contribution in [3.8, 4) is 0 Å². The molecule has 0 radical (unpaired) electrons. The van der Waals surface area contributed by atoms with Crippen molar-refractivity contribution in [2.45, 2.75) is 12.6 Å². The third-order valence-corrected chi connectivity index (χ3v) is 4.28. The lowest BCUT2D eigenvalue weighted by Gasteiger charge is -2.25. The molecule has 7 nitrogen and oxygen atoms in total. The number of pyridine rings is 1. The summed E-state index contributed by atoms with van der Waals surface area (Å²) in [5.74, 6) is -1.28. The zero-order valence-electron chi connectivity index (χ0n) is 16.3. The van der Waals surface area contributed by atoms with E-state index in [1.165, 1.54) is 0 Å². The molecule has 1 aromatic carbocycles. The Hall–Kier alpha value is -2.93. The molecular formula is C20H27N5O2. The maximum absolute atomic E-state index is 12.1. The number of likely N-dealkylation sites (N-methyl/N-ethyl adjacent to an activating group) is 1. The Balaban J connectivity index is 1.90. The first-order valence-corrected chi connectivity index (χ1v) is 8.77. The molecule has 2 rings (SSSR count). The third kappa shape index (κ3) is 6.07. The van der Waals surface area contributed by atoms with Crippen LogP contribution in [0.5, 0.6) is 0 Å². The van der Waals surface area contributed by atoms with Crippen molar-refractivity contribution in [3.05, 3.63) is 59.9 Å². The molecule has 1 heterocycles. The van der Waals surface area contributed by atoms with Gasteiger partial charge in [0.1, 0.15) is 0 Å². The van der Waals surface area contributed by atoms with E-state index in [-0.39, 0.29) is 12.6 Å². The van der Waals surface area contributed by atoms with Gasteiger partial charge in [0.2, 0.25) is 0 Å². The highest BCUT2D eigenvalue weighted by Gasteiger charge is 2.18. The summed E-state index contributed by atoms with van der Waals surface area (Å²) >= 11 is 0. The lowest BCUT2D eigenvalue weighted by atomic mass is 10.1. The summed E-state index contributed by atoms with van der Waals surface area (Å²) in [7, 11) is 7.87. The topological polar surface area (TPSA) is 77.6 Å². The van der Waals surface area contributed by atoms with Crippen LogP contribution in [-0.4, -0.2) is 56.4 Å². The van der Waals surface area contributed by atoms with Gasteiger partial charge in [0, 0.05) is 45.3 Å². The van der Waals surface area contributed by atoms with Gasteiger partial charge < -0.3 is 20.4 Å². The number of anilines is 1. The van der Waals surface area contributed by atoms with Gasteiger partial charge in [-0.25, -0.2) is 0 Å². The van der Waals surface area contributed by atoms with Crippen molar-refractivity contribution in [2.24, 2.45) is 0 Å². The van der Waals surface area contributed by atoms with Crippen LogP contribution >= 0.6 is 0 Å². The molecule has 0 spiro atoms. The summed E-state index contributed by atoms with van der Waals surface area (Å²) < 4.78 is 0. The van der Waals surface area contributed by atoms with Crippen molar-refractivity contribution >= 4 is 17.5 Å². The fourth-order valence-corrected chi connectivity index (χ4v) is 2.63. The molecule has 27 heavy (non-hydrogen) atoms. The van der Waals surface area contributed by atoms with Gasteiger partial charge in [0.05, 0.1) is 6.04 Å². The number of rotatable bonds is 7. The maximum atomic E-state index is 12.1. The summed E-state index contributed by atoms with van der Waals surface area (Å²) in [6.07, 6.45) is 3.29. The molecule has 0 unspecified atom stereocenters. The summed E-state index contributed by atoms with van der Waals surface area (Å²) in [4.78, 5) is 32.1. The quantitative estimate of drug-likeness (QED) is 0.717. The number of hydrogen-bond donors (Lipinski definition) is 2. The van der Waals surface area contributed by atoms with E-state index < -0.39 is 11.8 Å². The molecule has 0 aliphatic rings. The summed E-state index contributed by atoms with van der Waals surface area (Å²) in [6, 6.07) is 11.7. The second kappa shape index (κ2) is 9.68. The second-order valence-corrected chi connectivity index (χ2v) is 6.71. The van der Waals surface area contributed by atoms with Crippen LogP contribution in [0, 0.1) is 0 Å². The van der Waals surface area contributed by atoms with Gasteiger partial charge in [-0.05, 0) is 49.5 Å². The van der Waals surface area contributed by atoms with Crippen LogP contribution in [0.25, 0.3) is 0 Å². The molecule has 0 aliphatic heterocycles. The molecule has 0 aliphatic carbocycles. The number of nitrogens with one attached hydrogen (secondary N) is 2. The first-order valence-electron chi connectivity index (χ1n) is 8.77. The van der Waals surface area contributed by atoms with Gasteiger partial charge in [-0.2, -0.15) is 0 Å². The Labute approximate surface area is 160 Å². The first kappa shape index (κ1) is 20.4. The molecule has 0 saturated carbocycles. The van der Waals surface area contributed by atoms with Gasteiger partial charge in [-0.15, -0.1) is 0 Å². The van der Waals surface area contributed by atoms with Crippen LogP contribution in [0.1, 0.15) is 17.2 Å². The van der Waals surface area contributed by atoms with Crippen LogP contribution in [0.2, 0.25) is 0 Å². The number of nitrogens with zero attached hydrogens (tertiary/aromatic N) is 3. The number of benzene rings is 1. The Morgan fingerprint density at radius 2 is 1.52 bits per heavy atom. The highest BCUT2D eigenvalue weighted by Crippen LogP contribution is 2.20. The van der Waals surface area contributed by atoms with E-state index in [0.29, 0.717) is 6.54 Å². The normalized spacial score (nSPS) is 11.7. The number of amides is 2. The molecule has 0 saturated heterocycles. The average Bonchev–Trinajstić information content (AvgIpc) is 2.67. The van der Waals surface area contributed by atoms with Crippen LogP contribution in [0.4, 0.5) is 5.69 Å². The lowest BCUT2D eigenvalue weighted by Crippen LogP contribution is -2.42. The van der Waals surface area contributed by atoms with Gasteiger partial charge in [-0.3, -0.25) is 14.6 Å². The number of aromatic nitrogens is 1. The predicted octanol–water partition coefficient (Wildman–Crippen LogP) is 1.18. The molecule has 1 atom stereocenters. The minimum atomic E-state index is -0.646. The van der Waals surface area contributed by atoms with Gasteiger partial charge in [0.15, 0.2) is 0 Å². The molecule has 7 heteroatoms. The SMILES string of the molecule is CN(C)c1ccc([C@@H](CNC(=O)C(=O)NCc2ccncc2)N(C)C)cc1. The van der Waals surface area contributed by atoms with Crippen molar-refractivity contribution < 1.29 is 9.59 Å². The van der Waals surface area contributed by atoms with E-state index in [4.69, 9.17) is 0 Å². The predicted molar refractivity (Wildman–Crippen MR) is 106 cm³/mol. The minimum absolute atomic E-state index is 0.0295. The van der Waals surface area contributed by atoms with E-state index >= 15 is 0 Å². The van der Waals surface area contributed by atoms with E-state index in [0.717, 1.165) is 16.8 Å². The second-order valence-electron chi connectivity index (χ2n) is 6.71. The molecule has 2 aromatic rings. The average molecular weight is 369 g/mol. The van der Waals surface area contributed by atoms with Crippen LogP contribution in [0.15, 0.2) is 48.8 Å². The van der Waals surface area contributed by atoms with Crippen LogP contribution < -0.4 is 15.5 Å². The zero-order chi connectivity index (χ0) is 19.8. The fraction of sp³-hybridized carbons (Fsp3) is 0.350. The smallest absolute Gasteiger partial charge is 0.309 e. The van der Waals surface area contributed by atoms with Crippen LogP contribution in [0.3, 0.4) is 0 Å². The molecule has 2 N–H and O–H groups in total. The Bertz CT molecular complexity index is 745. The van der Waals surface area contributed by atoms with E-state index in [1.54, 1.807) is 24.5 Å². The number of carbonyl (C=O) groups excluding carboxylic acids is 2. The largest absolute Gasteiger partial charge is 0.378 e. The third-order valence-electron chi connectivity index (χ3n) is 4.28. The molecule has 1 aromatic heterocycles. The van der Waals surface area contributed by atoms with E-state index in [9.17, 15) is 9.59 Å². The molecule has 0 bridgehead atoms. The highest BCUT2D eigenvalue weighted by molar-refractivity contribution is 6.35. The Morgan fingerprint density at radius 3 is 2.07 bits per heavy atom. The van der Waals surface area contributed by atoms with Crippen molar-refractivity contribution in [3.63, 3.8) is 0 Å². The number of carbonyl (C=O) groups is 2. The molecule has 2 amide bonds.